The van der Waals surface area contributed by atoms with Crippen molar-refractivity contribution in [3.63, 3.8) is 0 Å². The van der Waals surface area contributed by atoms with Gasteiger partial charge in [-0.1, -0.05) is 224 Å². The number of furan rings is 1. The van der Waals surface area contributed by atoms with Crippen molar-refractivity contribution < 1.29 is 9.52 Å². The minimum absolute atomic E-state index is 0.177. The molecule has 0 radical (unpaired) electrons. The molecule has 12 aromatic carbocycles. The van der Waals surface area contributed by atoms with Crippen LogP contribution in [-0.2, 0) is 0 Å². The van der Waals surface area contributed by atoms with E-state index in [9.17, 15) is 5.11 Å². The molecule has 1 heterocycles. The molecule has 0 atom stereocenters. The zero-order valence-electron chi connectivity index (χ0n) is 48.8. The van der Waals surface area contributed by atoms with E-state index in [1.165, 1.54) is 66.1 Å². The molecular weight excluding hydrogens is 997 g/mol. The second-order valence-corrected chi connectivity index (χ2v) is 23.9. The van der Waals surface area contributed by atoms with E-state index in [0.29, 0.717) is 17.5 Å². The molecule has 4 nitrogen and oxygen atoms in total. The Labute approximate surface area is 482 Å². The van der Waals surface area contributed by atoms with Crippen molar-refractivity contribution in [3.8, 4) is 39.1 Å². The van der Waals surface area contributed by atoms with Gasteiger partial charge in [-0.3, -0.25) is 0 Å². The van der Waals surface area contributed by atoms with Crippen molar-refractivity contribution in [2.75, 3.05) is 9.80 Å². The number of nitrogens with zero attached hydrogens (tertiary/aromatic N) is 2. The molecule has 0 spiro atoms. The van der Waals surface area contributed by atoms with Crippen LogP contribution in [0.15, 0.2) is 217 Å². The van der Waals surface area contributed by atoms with E-state index in [1.54, 1.807) is 0 Å². The first-order valence-corrected chi connectivity index (χ1v) is 29.3. The third-order valence-corrected chi connectivity index (χ3v) is 17.2. The topological polar surface area (TPSA) is 39.9 Å². The number of aromatic hydroxyl groups is 1. The highest BCUT2D eigenvalue weighted by Crippen LogP contribution is 2.54. The van der Waals surface area contributed by atoms with Crippen molar-refractivity contribution in [3.05, 3.63) is 246 Å². The van der Waals surface area contributed by atoms with Gasteiger partial charge in [-0.05, 0) is 158 Å². The lowest BCUT2D eigenvalue weighted by Gasteiger charge is -2.32. The molecule has 0 aliphatic carbocycles. The molecule has 13 aromatic rings. The van der Waals surface area contributed by atoms with Crippen LogP contribution >= 0.6 is 0 Å². The average molecular weight is 1070 g/mol. The van der Waals surface area contributed by atoms with Gasteiger partial charge in [-0.15, -0.1) is 0 Å². The van der Waals surface area contributed by atoms with Crippen LogP contribution in [0.2, 0.25) is 0 Å². The van der Waals surface area contributed by atoms with Crippen LogP contribution in [0.5, 0.6) is 5.75 Å². The number of hydrogen-bond acceptors (Lipinski definition) is 4. The molecule has 0 aliphatic heterocycles. The van der Waals surface area contributed by atoms with Crippen LogP contribution in [0, 0.1) is 13.8 Å². The van der Waals surface area contributed by atoms with Gasteiger partial charge in [-0.25, -0.2) is 0 Å². The van der Waals surface area contributed by atoms with E-state index in [-0.39, 0.29) is 17.6 Å². The summed E-state index contributed by atoms with van der Waals surface area (Å²) in [5.74, 6) is 1.30. The summed E-state index contributed by atoms with van der Waals surface area (Å²) in [6, 6.07) is 77.5. The van der Waals surface area contributed by atoms with Gasteiger partial charge in [0.15, 0.2) is 5.58 Å². The molecule has 0 saturated heterocycles. The number of phenols is 1. The van der Waals surface area contributed by atoms with E-state index < -0.39 is 0 Å². The van der Waals surface area contributed by atoms with E-state index >= 15 is 0 Å². The Morgan fingerprint density at radius 2 is 0.732 bits per heavy atom. The van der Waals surface area contributed by atoms with E-state index in [1.807, 2.05) is 0 Å². The number of rotatable bonds is 13. The van der Waals surface area contributed by atoms with Gasteiger partial charge in [-0.2, -0.15) is 0 Å². The third kappa shape index (κ3) is 8.75. The average Bonchev–Trinajstić information content (AvgIpc) is 2.24. The molecule has 1 N–H and O–H groups in total. The molecule has 1 aromatic heterocycles. The highest BCUT2D eigenvalue weighted by molar-refractivity contribution is 6.30. The van der Waals surface area contributed by atoms with Gasteiger partial charge in [0.1, 0.15) is 11.3 Å². The first kappa shape index (κ1) is 52.3. The van der Waals surface area contributed by atoms with Crippen molar-refractivity contribution in [1.82, 2.24) is 0 Å². The van der Waals surface area contributed by atoms with Crippen LogP contribution in [0.3, 0.4) is 0 Å². The van der Waals surface area contributed by atoms with E-state index in [4.69, 9.17) is 4.42 Å². The summed E-state index contributed by atoms with van der Waals surface area (Å²) >= 11 is 0. The van der Waals surface area contributed by atoms with Gasteiger partial charge in [0.2, 0.25) is 0 Å². The van der Waals surface area contributed by atoms with Gasteiger partial charge in [0.25, 0.3) is 0 Å². The lowest BCUT2D eigenvalue weighted by Crippen LogP contribution is -2.13. The standard InChI is InChI=1S/C78H70N2O2/c1-46(2)56-21-11-13-23-58(56)52-19-15-20-53(43-52)59-25-17-29-70(76(59)81)79(54-35-31-50(9)32-36-54)72-44-68(48(5)6)61-40-42-67-73(45-69(49(7)8)62-39-41-66(72)74(61)75(62)67)80(55-37-33-51(10)34-38-55)71-30-18-28-65-64-27-16-26-63(77(64)82-78(65)71)60-24-14-12-22-57(60)47(3)4/h11-49,81H,1-10H3. The van der Waals surface area contributed by atoms with Gasteiger partial charge in [0.05, 0.1) is 22.7 Å². The lowest BCUT2D eigenvalue weighted by atomic mass is 9.84. The predicted molar refractivity (Wildman–Crippen MR) is 351 cm³/mol. The summed E-state index contributed by atoms with van der Waals surface area (Å²) in [4.78, 5) is 4.75. The highest BCUT2D eigenvalue weighted by Gasteiger charge is 2.29. The smallest absolute Gasteiger partial charge is 0.159 e. The second-order valence-electron chi connectivity index (χ2n) is 23.9. The van der Waals surface area contributed by atoms with Crippen LogP contribution in [0.1, 0.15) is 112 Å². The van der Waals surface area contributed by atoms with Crippen LogP contribution < -0.4 is 9.80 Å². The highest BCUT2D eigenvalue weighted by atomic mass is 16.3. The molecule has 0 amide bonds. The first-order valence-electron chi connectivity index (χ1n) is 29.3. The number of fused-ring (bicyclic) bond motifs is 3. The molecule has 0 bridgehead atoms. The fraction of sp³-hybridized carbons (Fsp3) is 0.179. The zero-order valence-corrected chi connectivity index (χ0v) is 48.8. The second kappa shape index (κ2) is 20.8. The first-order chi connectivity index (χ1) is 39.7. The number of aryl methyl sites for hydroxylation is 2. The van der Waals surface area contributed by atoms with Gasteiger partial charge >= 0.3 is 0 Å². The summed E-state index contributed by atoms with van der Waals surface area (Å²) in [7, 11) is 0. The van der Waals surface area contributed by atoms with E-state index in [0.717, 1.165) is 83.4 Å². The summed E-state index contributed by atoms with van der Waals surface area (Å²) in [5, 5.41) is 22.4. The number of hydrogen-bond donors (Lipinski definition) is 1. The molecular formula is C78H70N2O2. The monoisotopic (exact) mass is 1070 g/mol. The summed E-state index contributed by atoms with van der Waals surface area (Å²) < 4.78 is 7.35. The molecule has 0 saturated carbocycles. The maximum absolute atomic E-state index is 13.0. The predicted octanol–water partition coefficient (Wildman–Crippen LogP) is 23.2. The minimum Gasteiger partial charge on any atom is -0.505 e. The Balaban J connectivity index is 1.07. The van der Waals surface area contributed by atoms with Crippen molar-refractivity contribution >= 4 is 88.4 Å². The normalized spacial score (nSPS) is 12.0. The minimum atomic E-state index is 0.177. The number of phenolic OH excluding ortho intramolecular Hbond substituents is 1. The lowest BCUT2D eigenvalue weighted by molar-refractivity contribution is 0.478. The Morgan fingerprint density at radius 3 is 1.29 bits per heavy atom. The number of para-hydroxylation sites is 3. The molecule has 82 heavy (non-hydrogen) atoms. The third-order valence-electron chi connectivity index (χ3n) is 17.2. The quantitative estimate of drug-likeness (QED) is 0.117. The molecule has 0 fully saturated rings. The Morgan fingerprint density at radius 1 is 0.317 bits per heavy atom. The van der Waals surface area contributed by atoms with E-state index in [2.05, 4.69) is 291 Å². The maximum Gasteiger partial charge on any atom is 0.159 e. The largest absolute Gasteiger partial charge is 0.505 e. The maximum atomic E-state index is 13.0. The van der Waals surface area contributed by atoms with Crippen LogP contribution in [0.4, 0.5) is 34.1 Å². The summed E-state index contributed by atoms with van der Waals surface area (Å²) in [6.07, 6.45) is 0. The molecule has 404 valence electrons. The number of anilines is 6. The van der Waals surface area contributed by atoms with Gasteiger partial charge in [0, 0.05) is 44.0 Å². The fourth-order valence-electron chi connectivity index (χ4n) is 13.0. The molecule has 13 rings (SSSR count). The van der Waals surface area contributed by atoms with Crippen molar-refractivity contribution in [1.29, 1.82) is 0 Å². The zero-order chi connectivity index (χ0) is 56.7. The summed E-state index contributed by atoms with van der Waals surface area (Å²) in [5.41, 5.74) is 21.4. The number of benzene rings is 12. The Bertz CT molecular complexity index is 4560. The molecule has 0 unspecified atom stereocenters. The van der Waals surface area contributed by atoms with Crippen molar-refractivity contribution in [2.45, 2.75) is 92.9 Å². The molecule has 0 aliphatic rings. The van der Waals surface area contributed by atoms with Crippen LogP contribution in [-0.4, -0.2) is 5.11 Å². The van der Waals surface area contributed by atoms with Gasteiger partial charge < -0.3 is 19.3 Å². The summed E-state index contributed by atoms with van der Waals surface area (Å²) in [6.45, 7) is 22.6. The fourth-order valence-corrected chi connectivity index (χ4v) is 13.0. The Kier molecular flexibility index (Phi) is 13.2. The molecule has 4 heteroatoms. The van der Waals surface area contributed by atoms with Crippen molar-refractivity contribution in [2.24, 2.45) is 0 Å². The Hall–Kier alpha value is -9.12. The SMILES string of the molecule is Cc1ccc(N(c2cccc(-c3cccc(-c4ccccc4C(C)C)c3)c2O)c2cc(C(C)C)c3ccc4c(N(c5ccc(C)cc5)c5cccc6c5oc5c(-c7ccccc7C(C)C)cccc56)cc(C(C)C)c5ccc2c3c54)cc1. The van der Waals surface area contributed by atoms with Crippen LogP contribution in [0.25, 0.3) is 87.6 Å².